The standard InChI is InChI=1S/C31H32ClNO7.C17H33BrO3Si.C17H34O3Si.C17H32O3Si.C15H29BrO3Si.C13H26O2Si/c1-18(34)24-12-9-22(32)15-25(24)26-16-30(37)33(17-29(26)40-2)27(13-19-5-10-23(35)11-6-19)28(36)14-20-3-7-21(8-4-20)31(38)39;1-7-20-16(19)15(18)12-13-8-10-14(11-9-13)21-22(5,6)17(2,3)4;2*1-7-19-16(18)13-10-14-8-11-15(12-9-14)20-21(5,6)17(2,3)4;1-15(2,3)20(4,5)19-12-8-6-11(7-9-12)10-13(16)14(17)18;1-13(2,3)16(4,5)15-12-8-6-11(10-14)7-9-12/h3-4,7-9,12,15-17,19,23,27,35H,5-6,10-11,13-14H2,1-2H3,(H,38,39);13-15H,7-12H2,1-6H3;14-15H,7-13H2,1-6H3;10,13-15H,7-9,11-12H2,1-6H3;11-13H,6-10H2,1-5H3,(H,17,18);10-12H,6-9H2,1-5H3/b;;;13-10+;;. The Hall–Kier alpha value is -4.62. The molecule has 3 atom stereocenters. The van der Waals surface area contributed by atoms with Gasteiger partial charge in [-0.05, 0) is 369 Å². The van der Waals surface area contributed by atoms with Gasteiger partial charge in [0, 0.05) is 77.6 Å². The second kappa shape index (κ2) is 58.4. The second-order valence-corrected chi connectivity index (χ2v) is 74.2. The van der Waals surface area contributed by atoms with E-state index in [1.54, 1.807) is 36.4 Å². The molecule has 3 unspecified atom stereocenters. The quantitative estimate of drug-likeness (QED) is 0.00937. The summed E-state index contributed by atoms with van der Waals surface area (Å²) in [5.41, 5.74) is 1.58. The molecule has 0 amide bonds. The number of aliphatic hydroxyl groups excluding tert-OH is 1. The number of halogens is 3. The molecule has 6 aliphatic carbocycles. The zero-order chi connectivity index (χ0) is 106. The van der Waals surface area contributed by atoms with Crippen molar-refractivity contribution in [2.24, 2.45) is 35.5 Å². The summed E-state index contributed by atoms with van der Waals surface area (Å²) in [7, 11) is -6.77. The molecule has 798 valence electrons. The molecule has 3 N–H and O–H groups in total. The van der Waals surface area contributed by atoms with Gasteiger partial charge in [0.1, 0.15) is 21.7 Å². The van der Waals surface area contributed by atoms with Crippen molar-refractivity contribution in [1.82, 2.24) is 4.57 Å². The summed E-state index contributed by atoms with van der Waals surface area (Å²) >= 11 is 12.9. The number of aliphatic carboxylic acids is 1. The van der Waals surface area contributed by atoms with E-state index in [9.17, 15) is 53.4 Å². The van der Waals surface area contributed by atoms with E-state index < -0.39 is 70.0 Å². The highest BCUT2D eigenvalue weighted by molar-refractivity contribution is 9.10. The first-order valence-corrected chi connectivity index (χ1v) is 69.1. The number of methoxy groups -OCH3 is 1. The number of pyridine rings is 1. The largest absolute Gasteiger partial charge is 0.495 e. The highest BCUT2D eigenvalue weighted by atomic mass is 79.9. The monoisotopic (exact) mass is 2190 g/mol. The smallest absolute Gasteiger partial charge is 0.335 e. The average Bonchev–Trinajstić information content (AvgIpc) is 0.772. The summed E-state index contributed by atoms with van der Waals surface area (Å²) < 4.78 is 54.3. The molecular formula is C110H186Br2ClNO21Si5. The van der Waals surface area contributed by atoms with Gasteiger partial charge >= 0.3 is 29.8 Å². The highest BCUT2D eigenvalue weighted by Crippen LogP contribution is 2.47. The van der Waals surface area contributed by atoms with Crippen molar-refractivity contribution in [2.75, 3.05) is 26.9 Å². The maximum Gasteiger partial charge on any atom is 0.335 e. The van der Waals surface area contributed by atoms with Crippen LogP contribution in [0.2, 0.25) is 95.7 Å². The number of rotatable bonds is 35. The summed E-state index contributed by atoms with van der Waals surface area (Å²) in [5, 5.41) is 29.9. The van der Waals surface area contributed by atoms with Crippen molar-refractivity contribution in [3.63, 3.8) is 0 Å². The molecule has 1 heterocycles. The number of carboxylic acid groups (broad SMARTS) is 2. The van der Waals surface area contributed by atoms with Crippen LogP contribution in [0.5, 0.6) is 5.75 Å². The first-order valence-electron chi connectivity index (χ1n) is 52.4. The third kappa shape index (κ3) is 43.7. The molecule has 0 radical (unpaired) electrons. The van der Waals surface area contributed by atoms with Gasteiger partial charge in [0.05, 0.1) is 50.8 Å². The zero-order valence-corrected chi connectivity index (χ0v) is 101. The first kappa shape index (κ1) is 128. The van der Waals surface area contributed by atoms with Gasteiger partial charge in [-0.25, -0.2) is 9.59 Å². The number of ketones is 2. The lowest BCUT2D eigenvalue weighted by Gasteiger charge is -2.41. The van der Waals surface area contributed by atoms with Crippen molar-refractivity contribution in [3.05, 3.63) is 98.9 Å². The average molecular weight is 2190 g/mol. The van der Waals surface area contributed by atoms with Gasteiger partial charge in [-0.2, -0.15) is 0 Å². The Labute approximate surface area is 871 Å². The Morgan fingerprint density at radius 1 is 0.479 bits per heavy atom. The van der Waals surface area contributed by atoms with E-state index in [2.05, 4.69) is 201 Å². The van der Waals surface area contributed by atoms with Crippen molar-refractivity contribution in [2.45, 2.75) is 467 Å². The minimum atomic E-state index is -1.67. The summed E-state index contributed by atoms with van der Waals surface area (Å²) in [6, 6.07) is 11.5. The predicted octanol–water partition coefficient (Wildman–Crippen LogP) is 28.8. The maximum atomic E-state index is 13.7. The van der Waals surface area contributed by atoms with Crippen LogP contribution in [0.15, 0.2) is 71.7 Å². The van der Waals surface area contributed by atoms with Gasteiger partial charge in [0.25, 0.3) is 5.56 Å². The molecule has 2 aromatic carbocycles. The normalized spacial score (nSPS) is 23.1. The van der Waals surface area contributed by atoms with Crippen LogP contribution in [0.25, 0.3) is 11.1 Å². The van der Waals surface area contributed by atoms with E-state index in [0.717, 1.165) is 154 Å². The Morgan fingerprint density at radius 3 is 1.21 bits per heavy atom. The number of alkyl halides is 2. The number of aliphatic hydroxyl groups is 1. The minimum absolute atomic E-state index is 0.0131. The van der Waals surface area contributed by atoms with Crippen molar-refractivity contribution >= 4 is 133 Å². The van der Waals surface area contributed by atoms with Crippen LogP contribution >= 0.6 is 43.5 Å². The number of aromatic carboxylic acids is 1. The lowest BCUT2D eigenvalue weighted by atomic mass is 9.82. The third-order valence-corrected chi connectivity index (χ3v) is 56.1. The van der Waals surface area contributed by atoms with Crippen LogP contribution in [0, 0.1) is 35.5 Å². The van der Waals surface area contributed by atoms with Crippen LogP contribution in [0.1, 0.15) is 350 Å². The van der Waals surface area contributed by atoms with E-state index >= 15 is 0 Å². The highest BCUT2D eigenvalue weighted by Gasteiger charge is 2.46. The molecule has 0 saturated heterocycles. The Morgan fingerprint density at radius 2 is 0.850 bits per heavy atom. The number of carboxylic acids is 2. The number of aromatic nitrogens is 1. The third-order valence-electron chi connectivity index (χ3n) is 31.7. The fraction of sp³-hybridized carbons (Fsp3) is 0.755. The van der Waals surface area contributed by atoms with Gasteiger partial charge < -0.3 is 65.8 Å². The summed E-state index contributed by atoms with van der Waals surface area (Å²) in [5.74, 6) is 0.457. The Kier molecular flexibility index (Phi) is 53.2. The van der Waals surface area contributed by atoms with E-state index in [0.29, 0.717) is 139 Å². The van der Waals surface area contributed by atoms with Gasteiger partial charge in [0.15, 0.2) is 53.2 Å². The first-order chi connectivity index (χ1) is 64.7. The summed E-state index contributed by atoms with van der Waals surface area (Å²) in [6.07, 6.45) is 36.4. The van der Waals surface area contributed by atoms with E-state index in [4.69, 9.17) is 57.8 Å². The topological polar surface area (TPSA) is 302 Å². The number of hydrogen-bond acceptors (Lipinski definition) is 19. The van der Waals surface area contributed by atoms with Crippen LogP contribution in [-0.2, 0) is 71.5 Å². The zero-order valence-electron chi connectivity index (χ0n) is 91.7. The number of esters is 3. The minimum Gasteiger partial charge on any atom is -0.495 e. The molecule has 6 aliphatic rings. The Bertz CT molecular complexity index is 4380. The molecule has 1 aromatic heterocycles. The second-order valence-electron chi connectivity index (χ2n) is 47.8. The predicted molar refractivity (Wildman–Crippen MR) is 588 cm³/mol. The molecule has 140 heavy (non-hydrogen) atoms. The number of allylic oxidation sites excluding steroid dienone is 1. The molecule has 6 saturated carbocycles. The maximum absolute atomic E-state index is 13.7. The van der Waals surface area contributed by atoms with Gasteiger partial charge in [-0.15, -0.1) is 0 Å². The molecule has 22 nitrogen and oxygen atoms in total. The van der Waals surface area contributed by atoms with Gasteiger partial charge in [-0.3, -0.25) is 28.8 Å². The van der Waals surface area contributed by atoms with Gasteiger partial charge in [-0.1, -0.05) is 166 Å². The lowest BCUT2D eigenvalue weighted by Crippen LogP contribution is -2.44. The fourth-order valence-electron chi connectivity index (χ4n) is 17.6. The molecule has 30 heteroatoms. The number of Topliss-reactive ketones (excluding diaryl/α,β-unsaturated/α-hetero) is 2. The lowest BCUT2D eigenvalue weighted by molar-refractivity contribution is -0.144. The number of carbonyl (C=O) groups excluding carboxylic acids is 6. The number of ether oxygens (including phenoxy) is 4. The molecule has 6 fully saturated rings. The molecule has 0 aliphatic heterocycles. The Balaban J connectivity index is 0.000000362. The number of carbonyl (C=O) groups is 8. The van der Waals surface area contributed by atoms with E-state index in [-0.39, 0.29) is 83.5 Å². The molecule has 0 bridgehead atoms. The molecule has 3 aromatic rings. The molecular weight excluding hydrogens is 2010 g/mol. The number of hydrogen-bond donors (Lipinski definition) is 3. The van der Waals surface area contributed by atoms with Crippen molar-refractivity contribution < 1.29 is 94.8 Å². The van der Waals surface area contributed by atoms with E-state index in [1.807, 2.05) is 26.8 Å². The van der Waals surface area contributed by atoms with Crippen molar-refractivity contribution in [1.29, 1.82) is 0 Å². The summed E-state index contributed by atoms with van der Waals surface area (Å²) in [4.78, 5) is 106. The SMILES string of the molecule is CC(C)(C)[Si](C)(C)OC1CCC(C=O)CC1.CC(C)(C)[Si](C)(C)OC1CCC(CC(Br)C(=O)O)CC1.CCOC(=O)/C=C/C1CCC(O[Si](C)(C)C(C)(C)C)CC1.CCOC(=O)C(Br)CC1CCC(O[Si](C)(C)C(C)(C)C)CC1.CCOC(=O)CCC1CCC(O[Si](C)(C)C(C)(C)C)CC1.COc1cn(C(CC2CCC(O)CC2)C(=O)Cc2ccc(C(=O)O)cc2)c(=O)cc1-c1cc(Cl)ccc1C(C)=O. The van der Waals surface area contributed by atoms with Crippen LogP contribution in [0.4, 0.5) is 0 Å². The van der Waals surface area contributed by atoms with Crippen LogP contribution < -0.4 is 10.3 Å². The number of nitrogens with zero attached hydrogens (tertiary/aromatic N) is 1. The van der Waals surface area contributed by atoms with Gasteiger partial charge in [0.2, 0.25) is 0 Å². The van der Waals surface area contributed by atoms with Crippen molar-refractivity contribution in [3.8, 4) is 16.9 Å². The molecule has 9 rings (SSSR count). The summed E-state index contributed by atoms with van der Waals surface area (Å²) in [6.45, 7) is 65.8. The van der Waals surface area contributed by atoms with Crippen LogP contribution in [0.3, 0.4) is 0 Å². The van der Waals surface area contributed by atoms with Crippen LogP contribution in [-0.4, -0.2) is 182 Å². The van der Waals surface area contributed by atoms with E-state index in [1.165, 1.54) is 55.8 Å². The molecule has 0 spiro atoms. The number of aldehydes is 1. The fourth-order valence-corrected chi connectivity index (χ4v) is 26.0. The number of benzene rings is 2.